The third-order valence-corrected chi connectivity index (χ3v) is 2.80. The molecule has 2 heterocycles. The van der Waals surface area contributed by atoms with Gasteiger partial charge in [0.15, 0.2) is 0 Å². The fraction of sp³-hybridized carbons (Fsp3) is 0.100. The van der Waals surface area contributed by atoms with E-state index in [1.807, 2.05) is 12.3 Å². The molecule has 2 aromatic heterocycles. The van der Waals surface area contributed by atoms with Crippen LogP contribution in [0, 0.1) is 0 Å². The second kappa shape index (κ2) is 4.80. The summed E-state index contributed by atoms with van der Waals surface area (Å²) in [4.78, 5) is 14.8. The zero-order valence-corrected chi connectivity index (χ0v) is 9.09. The SMILES string of the molecule is O=C(O)c1ccnc(SCn2cccn2)c1. The summed E-state index contributed by atoms with van der Waals surface area (Å²) in [6.45, 7) is 0. The molecule has 2 rings (SSSR count). The molecule has 0 saturated heterocycles. The van der Waals surface area contributed by atoms with E-state index >= 15 is 0 Å². The molecule has 0 aliphatic rings. The van der Waals surface area contributed by atoms with Gasteiger partial charge in [0.1, 0.15) is 0 Å². The molecule has 16 heavy (non-hydrogen) atoms. The van der Waals surface area contributed by atoms with E-state index in [0.29, 0.717) is 10.9 Å². The number of hydrogen-bond donors (Lipinski definition) is 1. The Morgan fingerprint density at radius 1 is 1.50 bits per heavy atom. The van der Waals surface area contributed by atoms with E-state index in [9.17, 15) is 4.79 Å². The summed E-state index contributed by atoms with van der Waals surface area (Å²) < 4.78 is 1.75. The highest BCUT2D eigenvalue weighted by atomic mass is 32.2. The summed E-state index contributed by atoms with van der Waals surface area (Å²) in [5.74, 6) is -0.327. The van der Waals surface area contributed by atoms with Crippen LogP contribution in [0.2, 0.25) is 0 Å². The molecular formula is C10H9N3O2S. The maximum absolute atomic E-state index is 10.7. The van der Waals surface area contributed by atoms with Gasteiger partial charge in [0, 0.05) is 18.6 Å². The number of carboxylic acid groups (broad SMARTS) is 1. The summed E-state index contributed by atoms with van der Waals surface area (Å²) >= 11 is 1.44. The topological polar surface area (TPSA) is 68.0 Å². The molecule has 0 aliphatic heterocycles. The van der Waals surface area contributed by atoms with Crippen LogP contribution in [0.1, 0.15) is 10.4 Å². The van der Waals surface area contributed by atoms with Crippen LogP contribution in [0.3, 0.4) is 0 Å². The van der Waals surface area contributed by atoms with Crippen molar-refractivity contribution in [2.45, 2.75) is 10.9 Å². The van der Waals surface area contributed by atoms with Gasteiger partial charge in [-0.05, 0) is 18.2 Å². The number of carbonyl (C=O) groups is 1. The van der Waals surface area contributed by atoms with E-state index in [1.54, 1.807) is 16.9 Å². The van der Waals surface area contributed by atoms with Gasteiger partial charge in [-0.1, -0.05) is 11.8 Å². The van der Waals surface area contributed by atoms with Crippen molar-refractivity contribution in [1.82, 2.24) is 14.8 Å². The van der Waals surface area contributed by atoms with E-state index < -0.39 is 5.97 Å². The van der Waals surface area contributed by atoms with E-state index in [4.69, 9.17) is 5.11 Å². The number of rotatable bonds is 4. The van der Waals surface area contributed by atoms with Crippen LogP contribution in [0.25, 0.3) is 0 Å². The first-order chi connectivity index (χ1) is 7.75. The Labute approximate surface area is 96.1 Å². The lowest BCUT2D eigenvalue weighted by molar-refractivity contribution is 0.0696. The zero-order valence-electron chi connectivity index (χ0n) is 8.28. The fourth-order valence-electron chi connectivity index (χ4n) is 1.13. The van der Waals surface area contributed by atoms with Gasteiger partial charge in [0.2, 0.25) is 0 Å². The number of thioether (sulfide) groups is 1. The van der Waals surface area contributed by atoms with Crippen molar-refractivity contribution < 1.29 is 9.90 Å². The summed E-state index contributed by atoms with van der Waals surface area (Å²) in [6.07, 6.45) is 5.03. The first kappa shape index (κ1) is 10.7. The predicted molar refractivity (Wildman–Crippen MR) is 59.3 cm³/mol. The highest BCUT2D eigenvalue weighted by Gasteiger charge is 2.04. The van der Waals surface area contributed by atoms with E-state index in [1.165, 1.54) is 24.0 Å². The van der Waals surface area contributed by atoms with Crippen molar-refractivity contribution >= 4 is 17.7 Å². The Hall–Kier alpha value is -1.82. The minimum absolute atomic E-state index is 0.248. The predicted octanol–water partition coefficient (Wildman–Crippen LogP) is 1.73. The van der Waals surface area contributed by atoms with Gasteiger partial charge in [-0.2, -0.15) is 5.10 Å². The molecule has 0 bridgehead atoms. The Kier molecular flexibility index (Phi) is 3.21. The van der Waals surface area contributed by atoms with Gasteiger partial charge < -0.3 is 5.11 Å². The van der Waals surface area contributed by atoms with Gasteiger partial charge in [-0.15, -0.1) is 0 Å². The van der Waals surface area contributed by atoms with Crippen LogP contribution in [-0.4, -0.2) is 25.8 Å². The number of carboxylic acids is 1. The van der Waals surface area contributed by atoms with Gasteiger partial charge in [-0.25, -0.2) is 9.78 Å². The average Bonchev–Trinajstić information content (AvgIpc) is 2.79. The molecule has 0 unspecified atom stereocenters. The minimum Gasteiger partial charge on any atom is -0.478 e. The summed E-state index contributed by atoms with van der Waals surface area (Å²) in [7, 11) is 0. The average molecular weight is 235 g/mol. The fourth-order valence-corrected chi connectivity index (χ4v) is 1.89. The van der Waals surface area contributed by atoms with Crippen molar-refractivity contribution in [3.05, 3.63) is 42.4 Å². The molecule has 0 aliphatic carbocycles. The third kappa shape index (κ3) is 2.60. The third-order valence-electron chi connectivity index (χ3n) is 1.89. The molecule has 82 valence electrons. The molecule has 0 atom stereocenters. The smallest absolute Gasteiger partial charge is 0.335 e. The molecule has 2 aromatic rings. The van der Waals surface area contributed by atoms with Crippen molar-refractivity contribution in [3.8, 4) is 0 Å². The van der Waals surface area contributed by atoms with Gasteiger partial charge in [0.05, 0.1) is 16.5 Å². The molecular weight excluding hydrogens is 226 g/mol. The number of pyridine rings is 1. The van der Waals surface area contributed by atoms with Crippen LogP contribution in [0.4, 0.5) is 0 Å². The molecule has 0 aromatic carbocycles. The lowest BCUT2D eigenvalue weighted by atomic mass is 10.3. The number of aromatic carboxylic acids is 1. The number of aromatic nitrogens is 3. The molecule has 0 amide bonds. The highest BCUT2D eigenvalue weighted by Crippen LogP contribution is 2.17. The minimum atomic E-state index is -0.941. The molecule has 0 fully saturated rings. The van der Waals surface area contributed by atoms with Crippen LogP contribution >= 0.6 is 11.8 Å². The second-order valence-corrected chi connectivity index (χ2v) is 3.97. The van der Waals surface area contributed by atoms with Crippen LogP contribution in [-0.2, 0) is 5.88 Å². The standard InChI is InChI=1S/C10H9N3O2S/c14-10(15)8-2-4-11-9(6-8)16-7-13-5-1-3-12-13/h1-6H,7H2,(H,14,15). The van der Waals surface area contributed by atoms with Crippen molar-refractivity contribution in [2.75, 3.05) is 0 Å². The first-order valence-electron chi connectivity index (χ1n) is 4.55. The summed E-state index contributed by atoms with van der Waals surface area (Å²) in [6, 6.07) is 4.86. The first-order valence-corrected chi connectivity index (χ1v) is 5.54. The molecule has 0 radical (unpaired) electrons. The van der Waals surface area contributed by atoms with Crippen molar-refractivity contribution in [3.63, 3.8) is 0 Å². The molecule has 1 N–H and O–H groups in total. The van der Waals surface area contributed by atoms with Gasteiger partial charge in [-0.3, -0.25) is 4.68 Å². The Morgan fingerprint density at radius 3 is 3.06 bits per heavy atom. The molecule has 0 spiro atoms. The largest absolute Gasteiger partial charge is 0.478 e. The van der Waals surface area contributed by atoms with Crippen LogP contribution in [0.15, 0.2) is 41.8 Å². The van der Waals surface area contributed by atoms with Crippen LogP contribution in [0.5, 0.6) is 0 Å². The van der Waals surface area contributed by atoms with E-state index in [-0.39, 0.29) is 5.56 Å². The van der Waals surface area contributed by atoms with E-state index in [2.05, 4.69) is 10.1 Å². The van der Waals surface area contributed by atoms with Crippen molar-refractivity contribution in [1.29, 1.82) is 0 Å². The lowest BCUT2D eigenvalue weighted by Gasteiger charge is -2.01. The van der Waals surface area contributed by atoms with Crippen molar-refractivity contribution in [2.24, 2.45) is 0 Å². The second-order valence-electron chi connectivity index (χ2n) is 3.01. The number of hydrogen-bond acceptors (Lipinski definition) is 4. The molecule has 5 nitrogen and oxygen atoms in total. The van der Waals surface area contributed by atoms with Gasteiger partial charge in [0.25, 0.3) is 0 Å². The molecule has 6 heteroatoms. The van der Waals surface area contributed by atoms with E-state index in [0.717, 1.165) is 0 Å². The Bertz CT molecular complexity index is 485. The zero-order chi connectivity index (χ0) is 11.4. The highest BCUT2D eigenvalue weighted by molar-refractivity contribution is 7.98. The Morgan fingerprint density at radius 2 is 2.38 bits per heavy atom. The normalized spacial score (nSPS) is 10.2. The van der Waals surface area contributed by atoms with Gasteiger partial charge >= 0.3 is 5.97 Å². The lowest BCUT2D eigenvalue weighted by Crippen LogP contribution is -1.98. The van der Waals surface area contributed by atoms with Crippen LogP contribution < -0.4 is 0 Å². The summed E-state index contributed by atoms with van der Waals surface area (Å²) in [5.41, 5.74) is 0.248. The number of nitrogens with zero attached hydrogens (tertiary/aromatic N) is 3. The maximum atomic E-state index is 10.7. The Balaban J connectivity index is 2.04. The molecule has 0 saturated carbocycles. The maximum Gasteiger partial charge on any atom is 0.335 e. The quantitative estimate of drug-likeness (QED) is 0.817. The monoisotopic (exact) mass is 235 g/mol. The summed E-state index contributed by atoms with van der Waals surface area (Å²) in [5, 5.41) is 13.5.